The Kier molecular flexibility index (Phi) is 52.1. The van der Waals surface area contributed by atoms with E-state index in [2.05, 4.69) is 27.7 Å². The minimum absolute atomic E-state index is 0.0618. The molecule has 0 rings (SSSR count). The molecule has 0 aromatic heterocycles. The maximum atomic E-state index is 12.9. The second kappa shape index (κ2) is 53.4. The topological polar surface area (TPSA) is 78.9 Å². The van der Waals surface area contributed by atoms with Crippen molar-refractivity contribution in [3.8, 4) is 0 Å². The largest absolute Gasteiger partial charge is 0.462 e. The molecule has 6 nitrogen and oxygen atoms in total. The normalized spacial score (nSPS) is 12.4. The molecule has 0 aliphatic heterocycles. The Balaban J connectivity index is 4.25. The lowest BCUT2D eigenvalue weighted by Crippen LogP contribution is -2.30. The van der Waals surface area contributed by atoms with Crippen LogP contribution in [-0.2, 0) is 28.6 Å². The lowest BCUT2D eigenvalue weighted by molar-refractivity contribution is -0.167. The highest BCUT2D eigenvalue weighted by molar-refractivity contribution is 5.71. The Morgan fingerprint density at radius 2 is 0.538 bits per heavy atom. The van der Waals surface area contributed by atoms with Crippen LogP contribution < -0.4 is 0 Å². The van der Waals surface area contributed by atoms with Gasteiger partial charge in [-0.1, -0.05) is 297 Å². The van der Waals surface area contributed by atoms with Crippen molar-refractivity contribution in [3.63, 3.8) is 0 Å². The number of esters is 3. The van der Waals surface area contributed by atoms with Crippen molar-refractivity contribution < 1.29 is 28.6 Å². The number of carbonyl (C=O) groups excluding carboxylic acids is 3. The number of unbranched alkanes of at least 4 members (excludes halogenated alkanes) is 40. The zero-order valence-corrected chi connectivity index (χ0v) is 44.5. The first-order valence-corrected chi connectivity index (χ1v) is 29.4. The van der Waals surface area contributed by atoms with Gasteiger partial charge >= 0.3 is 17.9 Å². The van der Waals surface area contributed by atoms with Crippen LogP contribution in [0.2, 0.25) is 0 Å². The Labute approximate surface area is 406 Å². The Bertz CT molecular complexity index is 982. The van der Waals surface area contributed by atoms with Gasteiger partial charge in [0.1, 0.15) is 13.2 Å². The molecule has 0 fully saturated rings. The van der Waals surface area contributed by atoms with Crippen LogP contribution in [0.3, 0.4) is 0 Å². The Morgan fingerprint density at radius 3 is 0.800 bits per heavy atom. The third-order valence-electron chi connectivity index (χ3n) is 13.9. The smallest absolute Gasteiger partial charge is 0.306 e. The van der Waals surface area contributed by atoms with Crippen molar-refractivity contribution in [3.05, 3.63) is 0 Å². The van der Waals surface area contributed by atoms with Gasteiger partial charge in [0.05, 0.1) is 0 Å². The van der Waals surface area contributed by atoms with Gasteiger partial charge in [0.15, 0.2) is 6.10 Å². The summed E-state index contributed by atoms with van der Waals surface area (Å²) in [6.45, 7) is 9.09. The van der Waals surface area contributed by atoms with Crippen molar-refractivity contribution in [2.45, 2.75) is 342 Å². The summed E-state index contributed by atoms with van der Waals surface area (Å²) in [5.74, 6) is 0.0590. The highest BCUT2D eigenvalue weighted by Crippen LogP contribution is 2.18. The van der Waals surface area contributed by atoms with Crippen molar-refractivity contribution >= 4 is 17.9 Å². The molecule has 0 amide bonds. The third kappa shape index (κ3) is 51.6. The number of rotatable bonds is 54. The van der Waals surface area contributed by atoms with Gasteiger partial charge in [-0.15, -0.1) is 0 Å². The summed E-state index contributed by atoms with van der Waals surface area (Å²) in [6, 6.07) is 0. The van der Waals surface area contributed by atoms with E-state index >= 15 is 0 Å². The predicted octanol–water partition coefficient (Wildman–Crippen LogP) is 19.4. The summed E-state index contributed by atoms with van der Waals surface area (Å²) in [5, 5.41) is 0. The molecule has 0 heterocycles. The zero-order chi connectivity index (χ0) is 47.4. The van der Waals surface area contributed by atoms with Gasteiger partial charge < -0.3 is 14.2 Å². The fourth-order valence-electron chi connectivity index (χ4n) is 9.07. The Hall–Kier alpha value is -1.59. The summed E-state index contributed by atoms with van der Waals surface area (Å²) in [6.07, 6.45) is 58.0. The molecule has 0 N–H and O–H groups in total. The predicted molar refractivity (Wildman–Crippen MR) is 280 cm³/mol. The van der Waals surface area contributed by atoms with E-state index in [4.69, 9.17) is 14.2 Å². The lowest BCUT2D eigenvalue weighted by Gasteiger charge is -2.18. The fourth-order valence-corrected chi connectivity index (χ4v) is 9.07. The molecule has 0 bridgehead atoms. The molecule has 2 atom stereocenters. The SMILES string of the molecule is CCCCCCCCCCCCCCCCCCCCC(=O)OC[C@@H](COC(=O)CCCCCCCCCCCCC)OC(=O)CCCCCCCCCCCCCCCCC(C)CC. The van der Waals surface area contributed by atoms with Crippen LogP contribution in [0, 0.1) is 5.92 Å². The average molecular weight is 920 g/mol. The summed E-state index contributed by atoms with van der Waals surface area (Å²) in [7, 11) is 0. The highest BCUT2D eigenvalue weighted by atomic mass is 16.6. The molecule has 0 spiro atoms. The maximum absolute atomic E-state index is 12.9. The van der Waals surface area contributed by atoms with Crippen LogP contribution in [-0.4, -0.2) is 37.2 Å². The molecule has 0 aromatic carbocycles. The molecular formula is C59H114O6. The van der Waals surface area contributed by atoms with Gasteiger partial charge in [0, 0.05) is 19.3 Å². The van der Waals surface area contributed by atoms with Crippen LogP contribution in [0.5, 0.6) is 0 Å². The minimum atomic E-state index is -0.761. The van der Waals surface area contributed by atoms with E-state index < -0.39 is 6.10 Å². The van der Waals surface area contributed by atoms with E-state index in [1.54, 1.807) is 0 Å². The molecule has 0 aromatic rings. The lowest BCUT2D eigenvalue weighted by atomic mass is 9.99. The van der Waals surface area contributed by atoms with Crippen LogP contribution in [0.25, 0.3) is 0 Å². The third-order valence-corrected chi connectivity index (χ3v) is 13.9. The molecule has 0 aliphatic carbocycles. The van der Waals surface area contributed by atoms with Crippen molar-refractivity contribution in [1.29, 1.82) is 0 Å². The van der Waals surface area contributed by atoms with E-state index in [1.807, 2.05) is 0 Å². The summed E-state index contributed by atoms with van der Waals surface area (Å²) < 4.78 is 16.9. The number of carbonyl (C=O) groups is 3. The summed E-state index contributed by atoms with van der Waals surface area (Å²) >= 11 is 0. The van der Waals surface area contributed by atoms with E-state index in [9.17, 15) is 14.4 Å². The number of hydrogen-bond acceptors (Lipinski definition) is 6. The van der Waals surface area contributed by atoms with Gasteiger partial charge in [-0.3, -0.25) is 14.4 Å². The molecule has 1 unspecified atom stereocenters. The van der Waals surface area contributed by atoms with Gasteiger partial charge in [0.2, 0.25) is 0 Å². The second-order valence-corrected chi connectivity index (χ2v) is 20.5. The first-order valence-electron chi connectivity index (χ1n) is 29.4. The van der Waals surface area contributed by atoms with Crippen molar-refractivity contribution in [2.75, 3.05) is 13.2 Å². The quantitative estimate of drug-likeness (QED) is 0.0344. The minimum Gasteiger partial charge on any atom is -0.462 e. The molecule has 386 valence electrons. The summed E-state index contributed by atoms with van der Waals surface area (Å²) in [4.78, 5) is 38.1. The second-order valence-electron chi connectivity index (χ2n) is 20.5. The first kappa shape index (κ1) is 63.4. The van der Waals surface area contributed by atoms with E-state index in [-0.39, 0.29) is 31.1 Å². The summed E-state index contributed by atoms with van der Waals surface area (Å²) in [5.41, 5.74) is 0. The molecule has 0 saturated heterocycles. The van der Waals surface area contributed by atoms with E-state index in [0.29, 0.717) is 19.3 Å². The van der Waals surface area contributed by atoms with E-state index in [0.717, 1.165) is 63.7 Å². The van der Waals surface area contributed by atoms with Crippen molar-refractivity contribution in [2.24, 2.45) is 5.92 Å². The van der Waals surface area contributed by atoms with Crippen LogP contribution in [0.1, 0.15) is 336 Å². The highest BCUT2D eigenvalue weighted by Gasteiger charge is 2.19. The fraction of sp³-hybridized carbons (Fsp3) is 0.949. The molecule has 65 heavy (non-hydrogen) atoms. The molecule has 0 aliphatic rings. The van der Waals surface area contributed by atoms with Gasteiger partial charge in [-0.2, -0.15) is 0 Å². The van der Waals surface area contributed by atoms with Crippen LogP contribution in [0.15, 0.2) is 0 Å². The maximum Gasteiger partial charge on any atom is 0.306 e. The molecule has 0 saturated carbocycles. The van der Waals surface area contributed by atoms with Crippen molar-refractivity contribution in [1.82, 2.24) is 0 Å². The van der Waals surface area contributed by atoms with Crippen LogP contribution >= 0.6 is 0 Å². The molecular weight excluding hydrogens is 805 g/mol. The van der Waals surface area contributed by atoms with Crippen LogP contribution in [0.4, 0.5) is 0 Å². The van der Waals surface area contributed by atoms with E-state index in [1.165, 1.54) is 231 Å². The van der Waals surface area contributed by atoms with Gasteiger partial charge in [-0.05, 0) is 25.2 Å². The number of hydrogen-bond donors (Lipinski definition) is 0. The molecule has 6 heteroatoms. The first-order chi connectivity index (χ1) is 31.9. The standard InChI is InChI=1S/C59H114O6/c1-5-8-10-12-14-16-18-19-20-21-22-23-27-31-35-39-43-47-51-58(61)64-54-56(53-63-57(60)50-46-42-38-34-29-17-15-13-11-9-6-2)65-59(62)52-48-44-40-36-32-28-25-24-26-30-33-37-41-45-49-55(4)7-3/h55-56H,5-54H2,1-4H3/t55?,56-/m1/s1. The van der Waals surface area contributed by atoms with Gasteiger partial charge in [-0.25, -0.2) is 0 Å². The zero-order valence-electron chi connectivity index (χ0n) is 44.5. The Morgan fingerprint density at radius 1 is 0.308 bits per heavy atom. The monoisotopic (exact) mass is 919 g/mol. The van der Waals surface area contributed by atoms with Gasteiger partial charge in [0.25, 0.3) is 0 Å². The average Bonchev–Trinajstić information content (AvgIpc) is 3.30. The number of ether oxygens (including phenoxy) is 3. The molecule has 0 radical (unpaired) electrons.